The number of imidazole rings is 1. The molecule has 0 fully saturated rings. The van der Waals surface area contributed by atoms with Crippen LogP contribution < -0.4 is 5.73 Å². The Kier molecular flexibility index (Phi) is 4.63. The average Bonchev–Trinajstić information content (AvgIpc) is 2.88. The molecule has 0 aliphatic carbocycles. The van der Waals surface area contributed by atoms with E-state index in [1.54, 1.807) is 6.20 Å². The Morgan fingerprint density at radius 1 is 1.21 bits per heavy atom. The third-order valence-corrected chi connectivity index (χ3v) is 3.12. The summed E-state index contributed by atoms with van der Waals surface area (Å²) >= 11 is 0. The van der Waals surface area contributed by atoms with Crippen molar-refractivity contribution in [1.82, 2.24) is 19.5 Å². The molecule has 102 valence electrons. The highest BCUT2D eigenvalue weighted by atomic mass is 15.2. The van der Waals surface area contributed by atoms with Gasteiger partial charge in [-0.1, -0.05) is 13.8 Å². The topological polar surface area (TPSA) is 69.6 Å². The standard InChI is InChI=1S/C14H21N5/c1-3-5-13-16-6-7-19(13)14-17-9-11(10-18-14)8-12(15)4-2/h6-7,9-10,12H,3-5,8,15H2,1-2H3. The maximum atomic E-state index is 5.93. The van der Waals surface area contributed by atoms with E-state index in [0.717, 1.165) is 37.1 Å². The van der Waals surface area contributed by atoms with Crippen LogP contribution in [0.2, 0.25) is 0 Å². The first-order chi connectivity index (χ1) is 9.24. The molecule has 0 aliphatic heterocycles. The van der Waals surface area contributed by atoms with Crippen molar-refractivity contribution in [3.63, 3.8) is 0 Å². The van der Waals surface area contributed by atoms with E-state index in [0.29, 0.717) is 5.95 Å². The Morgan fingerprint density at radius 3 is 2.58 bits per heavy atom. The fraction of sp³-hybridized carbons (Fsp3) is 0.500. The van der Waals surface area contributed by atoms with Crippen molar-refractivity contribution in [2.45, 2.75) is 45.6 Å². The zero-order valence-electron chi connectivity index (χ0n) is 11.6. The Bertz CT molecular complexity index is 503. The van der Waals surface area contributed by atoms with Crippen LogP contribution >= 0.6 is 0 Å². The molecule has 5 heteroatoms. The maximum absolute atomic E-state index is 5.93. The SMILES string of the molecule is CCCc1nccn1-c1ncc(CC(N)CC)cn1. The molecule has 2 aromatic rings. The van der Waals surface area contributed by atoms with E-state index in [4.69, 9.17) is 5.73 Å². The first-order valence-electron chi connectivity index (χ1n) is 6.83. The summed E-state index contributed by atoms with van der Waals surface area (Å²) in [6.45, 7) is 4.22. The van der Waals surface area contributed by atoms with Gasteiger partial charge in [0.05, 0.1) is 0 Å². The van der Waals surface area contributed by atoms with Gasteiger partial charge in [-0.2, -0.15) is 0 Å². The maximum Gasteiger partial charge on any atom is 0.235 e. The van der Waals surface area contributed by atoms with Crippen molar-refractivity contribution in [1.29, 1.82) is 0 Å². The molecule has 0 saturated carbocycles. The molecular formula is C14H21N5. The molecule has 0 saturated heterocycles. The molecule has 19 heavy (non-hydrogen) atoms. The molecule has 0 bridgehead atoms. The quantitative estimate of drug-likeness (QED) is 0.860. The summed E-state index contributed by atoms with van der Waals surface area (Å²) in [4.78, 5) is 13.1. The molecule has 1 unspecified atom stereocenters. The van der Waals surface area contributed by atoms with Crippen LogP contribution in [0.1, 0.15) is 38.1 Å². The molecule has 2 aromatic heterocycles. The van der Waals surface area contributed by atoms with Gasteiger partial charge in [-0.15, -0.1) is 0 Å². The predicted octanol–water partition coefficient (Wildman–Crippen LogP) is 1.89. The second-order valence-corrected chi connectivity index (χ2v) is 4.73. The Morgan fingerprint density at radius 2 is 1.95 bits per heavy atom. The molecule has 0 amide bonds. The summed E-state index contributed by atoms with van der Waals surface area (Å²) in [7, 11) is 0. The first-order valence-corrected chi connectivity index (χ1v) is 6.83. The number of hydrogen-bond acceptors (Lipinski definition) is 4. The summed E-state index contributed by atoms with van der Waals surface area (Å²) in [5.74, 6) is 1.68. The van der Waals surface area contributed by atoms with Gasteiger partial charge in [-0.05, 0) is 24.8 Å². The fourth-order valence-electron chi connectivity index (χ4n) is 1.95. The number of aryl methyl sites for hydroxylation is 1. The van der Waals surface area contributed by atoms with Gasteiger partial charge in [-0.3, -0.25) is 4.57 Å². The predicted molar refractivity (Wildman–Crippen MR) is 75.1 cm³/mol. The van der Waals surface area contributed by atoms with E-state index in [2.05, 4.69) is 28.8 Å². The van der Waals surface area contributed by atoms with E-state index in [1.165, 1.54) is 0 Å². The monoisotopic (exact) mass is 259 g/mol. The Balaban J connectivity index is 2.15. The largest absolute Gasteiger partial charge is 0.327 e. The van der Waals surface area contributed by atoms with Crippen LogP contribution in [0.4, 0.5) is 0 Å². The van der Waals surface area contributed by atoms with Crippen LogP contribution in [-0.2, 0) is 12.8 Å². The zero-order chi connectivity index (χ0) is 13.7. The van der Waals surface area contributed by atoms with Crippen molar-refractivity contribution in [2.75, 3.05) is 0 Å². The molecule has 0 aromatic carbocycles. The van der Waals surface area contributed by atoms with Crippen LogP contribution in [0.3, 0.4) is 0 Å². The first kappa shape index (κ1) is 13.7. The highest BCUT2D eigenvalue weighted by Crippen LogP contribution is 2.09. The van der Waals surface area contributed by atoms with Crippen LogP contribution in [0.25, 0.3) is 5.95 Å². The summed E-state index contributed by atoms with van der Waals surface area (Å²) in [6, 6.07) is 0.179. The zero-order valence-corrected chi connectivity index (χ0v) is 11.6. The third-order valence-electron chi connectivity index (χ3n) is 3.12. The average molecular weight is 259 g/mol. The van der Waals surface area contributed by atoms with E-state index in [9.17, 15) is 0 Å². The summed E-state index contributed by atoms with van der Waals surface area (Å²) in [5.41, 5.74) is 7.01. The minimum atomic E-state index is 0.179. The van der Waals surface area contributed by atoms with E-state index < -0.39 is 0 Å². The Labute approximate surface area is 113 Å². The van der Waals surface area contributed by atoms with Crippen LogP contribution in [0.15, 0.2) is 24.8 Å². The van der Waals surface area contributed by atoms with Gasteiger partial charge in [-0.25, -0.2) is 15.0 Å². The molecule has 2 heterocycles. The lowest BCUT2D eigenvalue weighted by Crippen LogP contribution is -2.21. The van der Waals surface area contributed by atoms with Crippen molar-refractivity contribution in [3.8, 4) is 5.95 Å². The summed E-state index contributed by atoms with van der Waals surface area (Å²) in [5, 5.41) is 0. The fourth-order valence-corrected chi connectivity index (χ4v) is 1.95. The molecule has 0 radical (unpaired) electrons. The second kappa shape index (κ2) is 6.43. The van der Waals surface area contributed by atoms with E-state index in [-0.39, 0.29) is 6.04 Å². The molecule has 1 atom stereocenters. The number of rotatable bonds is 6. The lowest BCUT2D eigenvalue weighted by atomic mass is 10.1. The number of aromatic nitrogens is 4. The molecule has 2 rings (SSSR count). The second-order valence-electron chi connectivity index (χ2n) is 4.73. The Hall–Kier alpha value is -1.75. The van der Waals surface area contributed by atoms with Crippen LogP contribution in [-0.4, -0.2) is 25.6 Å². The minimum Gasteiger partial charge on any atom is -0.327 e. The van der Waals surface area contributed by atoms with Gasteiger partial charge in [0.1, 0.15) is 5.82 Å². The van der Waals surface area contributed by atoms with Crippen LogP contribution in [0.5, 0.6) is 0 Å². The van der Waals surface area contributed by atoms with Crippen molar-refractivity contribution >= 4 is 0 Å². The lowest BCUT2D eigenvalue weighted by molar-refractivity contribution is 0.642. The molecule has 0 aliphatic rings. The van der Waals surface area contributed by atoms with Gasteiger partial charge >= 0.3 is 0 Å². The molecular weight excluding hydrogens is 238 g/mol. The van der Waals surface area contributed by atoms with Crippen molar-refractivity contribution in [2.24, 2.45) is 5.73 Å². The molecule has 2 N–H and O–H groups in total. The lowest BCUT2D eigenvalue weighted by Gasteiger charge is -2.09. The minimum absolute atomic E-state index is 0.179. The normalized spacial score (nSPS) is 12.6. The number of hydrogen-bond donors (Lipinski definition) is 1. The molecule has 0 spiro atoms. The highest BCUT2D eigenvalue weighted by Gasteiger charge is 2.07. The van der Waals surface area contributed by atoms with Gasteiger partial charge in [0.15, 0.2) is 0 Å². The third kappa shape index (κ3) is 3.38. The smallest absolute Gasteiger partial charge is 0.235 e. The number of nitrogens with two attached hydrogens (primary N) is 1. The van der Waals surface area contributed by atoms with Crippen molar-refractivity contribution in [3.05, 3.63) is 36.2 Å². The van der Waals surface area contributed by atoms with Gasteiger partial charge < -0.3 is 5.73 Å². The van der Waals surface area contributed by atoms with Crippen molar-refractivity contribution < 1.29 is 0 Å². The molecule has 5 nitrogen and oxygen atoms in total. The van der Waals surface area contributed by atoms with Crippen LogP contribution in [0, 0.1) is 0 Å². The van der Waals surface area contributed by atoms with Gasteiger partial charge in [0, 0.05) is 37.3 Å². The highest BCUT2D eigenvalue weighted by molar-refractivity contribution is 5.18. The van der Waals surface area contributed by atoms with Gasteiger partial charge in [0.25, 0.3) is 0 Å². The van der Waals surface area contributed by atoms with Gasteiger partial charge in [0.2, 0.25) is 5.95 Å². The summed E-state index contributed by atoms with van der Waals surface area (Å²) < 4.78 is 1.94. The van der Waals surface area contributed by atoms with E-state index in [1.807, 2.05) is 23.2 Å². The van der Waals surface area contributed by atoms with E-state index >= 15 is 0 Å². The number of nitrogens with zero attached hydrogens (tertiary/aromatic N) is 4. The summed E-state index contributed by atoms with van der Waals surface area (Å²) in [6.07, 6.45) is 11.2.